The first-order valence-corrected chi connectivity index (χ1v) is 14.1. The van der Waals surface area contributed by atoms with Gasteiger partial charge in [0.2, 0.25) is 0 Å². The molecule has 0 unspecified atom stereocenters. The van der Waals surface area contributed by atoms with Crippen molar-refractivity contribution < 1.29 is 38.1 Å². The molecule has 0 amide bonds. The number of esters is 2. The van der Waals surface area contributed by atoms with Crippen LogP contribution in [0.2, 0.25) is 0 Å². The van der Waals surface area contributed by atoms with Crippen LogP contribution in [0.4, 0.5) is 0 Å². The van der Waals surface area contributed by atoms with E-state index in [0.717, 1.165) is 12.8 Å². The molecule has 212 valence electrons. The highest BCUT2D eigenvalue weighted by molar-refractivity contribution is 6.34. The van der Waals surface area contributed by atoms with E-state index in [1.807, 2.05) is 13.8 Å². The van der Waals surface area contributed by atoms with Crippen LogP contribution < -0.4 is 10.9 Å². The Morgan fingerprint density at radius 2 is 1.05 bits per heavy atom. The minimum atomic E-state index is -0.747. The molecule has 0 spiro atoms. The highest BCUT2D eigenvalue weighted by Crippen LogP contribution is 2.50. The molecule has 8 rings (SSSR count). The van der Waals surface area contributed by atoms with Crippen LogP contribution in [-0.4, -0.2) is 34.4 Å². The molecular formula is C32H24O10. The van der Waals surface area contributed by atoms with E-state index in [-0.39, 0.29) is 67.8 Å². The van der Waals surface area contributed by atoms with Crippen LogP contribution in [-0.2, 0) is 22.3 Å². The average molecular weight is 569 g/mol. The summed E-state index contributed by atoms with van der Waals surface area (Å²) in [6.45, 7) is 3.93. The Hall–Kier alpha value is -4.86. The fourth-order valence-corrected chi connectivity index (χ4v) is 7.12. The molecule has 2 atom stereocenters. The standard InChI is InChI=1S/C32H24O10/c1-3-5-11-7-13-19(31(37)39-11)27(35)21-15(33)10-18-23-24-17(41-29(13)25(21)23)9-16(34)22-26(24)30(42-18)14-8-12(6-4-2)40-32(38)20(14)28(22)36/h9-12,35-36H,3-8H2,1-2H3/t11-,12+. The van der Waals surface area contributed by atoms with Gasteiger partial charge in [0.15, 0.2) is 10.9 Å². The zero-order chi connectivity index (χ0) is 29.2. The zero-order valence-electron chi connectivity index (χ0n) is 22.7. The number of phenolic OH excluding ortho intramolecular Hbond substituents is 2. The lowest BCUT2D eigenvalue weighted by Gasteiger charge is -2.28. The second-order valence-corrected chi connectivity index (χ2v) is 11.3. The van der Waals surface area contributed by atoms with E-state index in [0.29, 0.717) is 34.7 Å². The summed E-state index contributed by atoms with van der Waals surface area (Å²) in [5.74, 6) is -2.49. The summed E-state index contributed by atoms with van der Waals surface area (Å²) in [5, 5.41) is 23.7. The Kier molecular flexibility index (Phi) is 4.95. The number of benzene rings is 4. The van der Waals surface area contributed by atoms with E-state index in [9.17, 15) is 29.4 Å². The third-order valence-corrected chi connectivity index (χ3v) is 8.78. The summed E-state index contributed by atoms with van der Waals surface area (Å²) >= 11 is 0. The summed E-state index contributed by atoms with van der Waals surface area (Å²) < 4.78 is 23.9. The molecule has 10 heteroatoms. The van der Waals surface area contributed by atoms with Crippen molar-refractivity contribution in [2.75, 3.05) is 0 Å². The molecule has 10 nitrogen and oxygen atoms in total. The number of carbonyl (C=O) groups is 2. The zero-order valence-corrected chi connectivity index (χ0v) is 22.7. The predicted molar refractivity (Wildman–Crippen MR) is 152 cm³/mol. The van der Waals surface area contributed by atoms with Crippen LogP contribution in [0.3, 0.4) is 0 Å². The van der Waals surface area contributed by atoms with Gasteiger partial charge in [0, 0.05) is 57.6 Å². The Bertz CT molecular complexity index is 2130. The molecule has 4 aromatic carbocycles. The molecule has 0 radical (unpaired) electrons. The van der Waals surface area contributed by atoms with E-state index in [1.54, 1.807) is 0 Å². The number of ether oxygens (including phenoxy) is 2. The largest absolute Gasteiger partial charge is 0.506 e. The number of hydrogen-bond donors (Lipinski definition) is 2. The van der Waals surface area contributed by atoms with Gasteiger partial charge in [-0.15, -0.1) is 0 Å². The molecule has 2 aliphatic rings. The van der Waals surface area contributed by atoms with E-state index in [1.165, 1.54) is 12.1 Å². The van der Waals surface area contributed by atoms with Crippen molar-refractivity contribution in [3.8, 4) is 11.5 Å². The van der Waals surface area contributed by atoms with Crippen LogP contribution in [0, 0.1) is 0 Å². The highest BCUT2D eigenvalue weighted by Gasteiger charge is 2.38. The number of fused-ring (bicyclic) bond motifs is 4. The molecule has 0 bridgehead atoms. The van der Waals surface area contributed by atoms with E-state index in [4.69, 9.17) is 18.3 Å². The normalized spacial score (nSPS) is 18.8. The maximum atomic E-state index is 13.5. The molecule has 0 saturated heterocycles. The molecular weight excluding hydrogens is 544 g/mol. The number of rotatable bonds is 4. The van der Waals surface area contributed by atoms with Gasteiger partial charge in [-0.3, -0.25) is 9.59 Å². The van der Waals surface area contributed by atoms with Gasteiger partial charge in [-0.2, -0.15) is 0 Å². The summed E-state index contributed by atoms with van der Waals surface area (Å²) in [4.78, 5) is 53.2. The number of aromatic hydroxyl groups is 2. The summed E-state index contributed by atoms with van der Waals surface area (Å²) in [6, 6.07) is 2.45. The molecule has 0 fully saturated rings. The predicted octanol–water partition coefficient (Wildman–Crippen LogP) is 5.41. The third-order valence-electron chi connectivity index (χ3n) is 8.78. The van der Waals surface area contributed by atoms with Crippen molar-refractivity contribution in [1.29, 1.82) is 0 Å². The number of phenols is 2. The van der Waals surface area contributed by atoms with Crippen LogP contribution in [0.5, 0.6) is 11.5 Å². The fraction of sp³-hybridized carbons (Fsp3) is 0.312. The first-order chi connectivity index (χ1) is 20.2. The molecule has 42 heavy (non-hydrogen) atoms. The number of carbonyl (C=O) groups excluding carboxylic acids is 2. The summed E-state index contributed by atoms with van der Waals surface area (Å²) in [7, 11) is 0. The molecule has 2 N–H and O–H groups in total. The van der Waals surface area contributed by atoms with E-state index < -0.39 is 46.5 Å². The van der Waals surface area contributed by atoms with Crippen molar-refractivity contribution >= 4 is 66.6 Å². The quantitative estimate of drug-likeness (QED) is 0.160. The lowest BCUT2D eigenvalue weighted by Crippen LogP contribution is -2.28. The Morgan fingerprint density at radius 1 is 0.643 bits per heavy atom. The van der Waals surface area contributed by atoms with Gasteiger partial charge in [-0.05, 0) is 12.8 Å². The van der Waals surface area contributed by atoms with Gasteiger partial charge in [-0.1, -0.05) is 26.7 Å². The van der Waals surface area contributed by atoms with Crippen molar-refractivity contribution in [2.24, 2.45) is 0 Å². The van der Waals surface area contributed by atoms with Gasteiger partial charge in [0.05, 0.1) is 10.8 Å². The Morgan fingerprint density at radius 3 is 1.43 bits per heavy atom. The minimum Gasteiger partial charge on any atom is -0.506 e. The lowest BCUT2D eigenvalue weighted by atomic mass is 9.86. The summed E-state index contributed by atoms with van der Waals surface area (Å²) in [5.41, 5.74) is 0.0351. The monoisotopic (exact) mass is 568 g/mol. The maximum Gasteiger partial charge on any atom is 0.342 e. The number of hydrogen-bond acceptors (Lipinski definition) is 10. The molecule has 0 saturated carbocycles. The lowest BCUT2D eigenvalue weighted by molar-refractivity contribution is 0.0223. The maximum absolute atomic E-state index is 13.5. The SMILES string of the molecule is CCC[C@@H]1Cc2c(c(O)c3c(=O)cc4oc5c6c(c(O)c7c(=O)cc8oc2c3c4c8c57)C(=O)O[C@@H](CCC)C6)C(=O)O1. The molecule has 0 aliphatic carbocycles. The first kappa shape index (κ1) is 24.9. The Balaban J connectivity index is 1.59. The van der Waals surface area contributed by atoms with Crippen molar-refractivity contribution in [1.82, 2.24) is 0 Å². The Labute approximate surface area is 235 Å². The molecule has 6 aromatic rings. The van der Waals surface area contributed by atoms with Gasteiger partial charge >= 0.3 is 11.9 Å². The second kappa shape index (κ2) is 8.34. The molecule has 2 aliphatic heterocycles. The smallest absolute Gasteiger partial charge is 0.342 e. The second-order valence-electron chi connectivity index (χ2n) is 11.3. The summed E-state index contributed by atoms with van der Waals surface area (Å²) in [6.07, 6.45) is 2.30. The topological polar surface area (TPSA) is 153 Å². The fourth-order valence-electron chi connectivity index (χ4n) is 7.12. The van der Waals surface area contributed by atoms with Gasteiger partial charge in [0.1, 0.15) is 57.2 Å². The van der Waals surface area contributed by atoms with Crippen molar-refractivity contribution in [2.45, 2.75) is 64.6 Å². The van der Waals surface area contributed by atoms with Gasteiger partial charge in [-0.25, -0.2) is 9.59 Å². The van der Waals surface area contributed by atoms with Crippen LogP contribution >= 0.6 is 0 Å². The van der Waals surface area contributed by atoms with Crippen LogP contribution in [0.25, 0.3) is 54.6 Å². The third kappa shape index (κ3) is 2.98. The minimum absolute atomic E-state index is 0.126. The van der Waals surface area contributed by atoms with E-state index in [2.05, 4.69) is 0 Å². The van der Waals surface area contributed by atoms with Crippen LogP contribution in [0.1, 0.15) is 71.4 Å². The molecule has 2 aromatic heterocycles. The highest BCUT2D eigenvalue weighted by atomic mass is 16.5. The average Bonchev–Trinajstić information content (AvgIpc) is 2.93. The van der Waals surface area contributed by atoms with Crippen molar-refractivity contribution in [3.63, 3.8) is 0 Å². The van der Waals surface area contributed by atoms with Crippen LogP contribution in [0.15, 0.2) is 30.6 Å². The van der Waals surface area contributed by atoms with E-state index >= 15 is 0 Å². The number of cyclic esters (lactones) is 2. The van der Waals surface area contributed by atoms with Gasteiger partial charge in [0.25, 0.3) is 0 Å². The first-order valence-electron chi connectivity index (χ1n) is 14.1. The van der Waals surface area contributed by atoms with Gasteiger partial charge < -0.3 is 28.5 Å². The van der Waals surface area contributed by atoms with Crippen molar-refractivity contribution in [3.05, 3.63) is 54.8 Å². The molecule has 4 heterocycles.